The van der Waals surface area contributed by atoms with Gasteiger partial charge in [0.2, 0.25) is 5.91 Å². The van der Waals surface area contributed by atoms with Gasteiger partial charge < -0.3 is 15.1 Å². The lowest BCUT2D eigenvalue weighted by Gasteiger charge is -2.34. The standard InChI is InChI=1S/C21H31N3O2/c1-23(16-17-8-4-2-5-9-17)20(25)18-12-14-24(15-13-18)21(26)22-19-10-6-3-7-11-19/h2,4-5,8-9,18-19H,3,6-7,10-16H2,1H3,(H,22,26). The molecule has 142 valence electrons. The van der Waals surface area contributed by atoms with Crippen LogP contribution in [-0.4, -0.2) is 47.9 Å². The van der Waals surface area contributed by atoms with E-state index in [2.05, 4.69) is 5.32 Å². The molecule has 2 fully saturated rings. The number of nitrogens with zero attached hydrogens (tertiary/aromatic N) is 2. The number of carbonyl (C=O) groups is 2. The Bertz CT molecular complexity index is 591. The van der Waals surface area contributed by atoms with Crippen molar-refractivity contribution in [3.63, 3.8) is 0 Å². The first-order valence-corrected chi connectivity index (χ1v) is 9.98. The van der Waals surface area contributed by atoms with Gasteiger partial charge in [0.25, 0.3) is 0 Å². The minimum atomic E-state index is 0.0300. The van der Waals surface area contributed by atoms with Crippen LogP contribution in [0.15, 0.2) is 30.3 Å². The monoisotopic (exact) mass is 357 g/mol. The molecule has 2 aliphatic rings. The number of rotatable bonds is 4. The molecule has 0 spiro atoms. The van der Waals surface area contributed by atoms with E-state index in [0.717, 1.165) is 31.2 Å². The molecule has 5 nitrogen and oxygen atoms in total. The highest BCUT2D eigenvalue weighted by atomic mass is 16.2. The van der Waals surface area contributed by atoms with E-state index < -0.39 is 0 Å². The zero-order valence-electron chi connectivity index (χ0n) is 15.8. The summed E-state index contributed by atoms with van der Waals surface area (Å²) in [6.45, 7) is 1.99. The van der Waals surface area contributed by atoms with Gasteiger partial charge in [0, 0.05) is 38.6 Å². The van der Waals surface area contributed by atoms with Gasteiger partial charge in [-0.25, -0.2) is 4.79 Å². The SMILES string of the molecule is CN(Cc1ccccc1)C(=O)C1CCN(C(=O)NC2CCCCC2)CC1. The van der Waals surface area contributed by atoms with E-state index in [1.54, 1.807) is 0 Å². The predicted octanol–water partition coefficient (Wildman–Crippen LogP) is 3.40. The fraction of sp³-hybridized carbons (Fsp3) is 0.619. The molecule has 0 bridgehead atoms. The van der Waals surface area contributed by atoms with E-state index in [4.69, 9.17) is 0 Å². The second-order valence-electron chi connectivity index (χ2n) is 7.73. The zero-order valence-corrected chi connectivity index (χ0v) is 15.8. The number of benzene rings is 1. The molecular weight excluding hydrogens is 326 g/mol. The van der Waals surface area contributed by atoms with Gasteiger partial charge in [0.05, 0.1) is 0 Å². The molecule has 1 aromatic carbocycles. The third kappa shape index (κ3) is 4.99. The quantitative estimate of drug-likeness (QED) is 0.898. The summed E-state index contributed by atoms with van der Waals surface area (Å²) in [5.74, 6) is 0.226. The summed E-state index contributed by atoms with van der Waals surface area (Å²) in [5, 5.41) is 3.18. The number of nitrogens with one attached hydrogen (secondary N) is 1. The van der Waals surface area contributed by atoms with Gasteiger partial charge in [-0.2, -0.15) is 0 Å². The molecule has 26 heavy (non-hydrogen) atoms. The second kappa shape index (κ2) is 9.06. The average Bonchev–Trinajstić information content (AvgIpc) is 2.69. The molecule has 5 heteroatoms. The summed E-state index contributed by atoms with van der Waals surface area (Å²) in [7, 11) is 1.87. The van der Waals surface area contributed by atoms with Crippen LogP contribution in [0.25, 0.3) is 0 Å². The number of hydrogen-bond donors (Lipinski definition) is 1. The lowest BCUT2D eigenvalue weighted by atomic mass is 9.94. The average molecular weight is 357 g/mol. The number of carbonyl (C=O) groups excluding carboxylic acids is 2. The topological polar surface area (TPSA) is 52.7 Å². The number of urea groups is 1. The van der Waals surface area contributed by atoms with E-state index in [0.29, 0.717) is 25.7 Å². The summed E-state index contributed by atoms with van der Waals surface area (Å²) < 4.78 is 0. The van der Waals surface area contributed by atoms with Crippen molar-refractivity contribution in [3.05, 3.63) is 35.9 Å². The molecule has 1 saturated heterocycles. The molecule has 1 N–H and O–H groups in total. The first-order valence-electron chi connectivity index (χ1n) is 9.98. The van der Waals surface area contributed by atoms with Crippen molar-refractivity contribution in [1.29, 1.82) is 0 Å². The van der Waals surface area contributed by atoms with Crippen LogP contribution >= 0.6 is 0 Å². The van der Waals surface area contributed by atoms with E-state index in [-0.39, 0.29) is 17.9 Å². The molecule has 1 heterocycles. The van der Waals surface area contributed by atoms with E-state index in [9.17, 15) is 9.59 Å². The summed E-state index contributed by atoms with van der Waals surface area (Å²) in [6, 6.07) is 10.5. The van der Waals surface area contributed by atoms with Crippen molar-refractivity contribution in [2.75, 3.05) is 20.1 Å². The second-order valence-corrected chi connectivity index (χ2v) is 7.73. The molecule has 1 aliphatic heterocycles. The van der Waals surface area contributed by atoms with Crippen molar-refractivity contribution in [1.82, 2.24) is 15.1 Å². The summed E-state index contributed by atoms with van der Waals surface area (Å²) in [6.07, 6.45) is 7.45. The molecule has 3 rings (SSSR count). The van der Waals surface area contributed by atoms with Gasteiger partial charge in [-0.05, 0) is 31.2 Å². The minimum Gasteiger partial charge on any atom is -0.341 e. The van der Waals surface area contributed by atoms with Gasteiger partial charge in [-0.1, -0.05) is 49.6 Å². The van der Waals surface area contributed by atoms with Gasteiger partial charge in [0.15, 0.2) is 0 Å². The molecule has 1 aromatic rings. The van der Waals surface area contributed by atoms with E-state index in [1.807, 2.05) is 47.2 Å². The number of piperidine rings is 1. The van der Waals surface area contributed by atoms with Crippen molar-refractivity contribution in [2.45, 2.75) is 57.5 Å². The van der Waals surface area contributed by atoms with Gasteiger partial charge in [-0.15, -0.1) is 0 Å². The van der Waals surface area contributed by atoms with Crippen LogP contribution in [0, 0.1) is 5.92 Å². The zero-order chi connectivity index (χ0) is 18.4. The Hall–Kier alpha value is -2.04. The van der Waals surface area contributed by atoms with Crippen LogP contribution in [0.3, 0.4) is 0 Å². The predicted molar refractivity (Wildman–Crippen MR) is 103 cm³/mol. The Morgan fingerprint density at radius 1 is 1.04 bits per heavy atom. The number of likely N-dealkylation sites (tertiary alicyclic amines) is 1. The van der Waals surface area contributed by atoms with Crippen LogP contribution < -0.4 is 5.32 Å². The molecule has 0 radical (unpaired) electrons. The van der Waals surface area contributed by atoms with Crippen LogP contribution in [0.5, 0.6) is 0 Å². The van der Waals surface area contributed by atoms with E-state index >= 15 is 0 Å². The molecule has 3 amide bonds. The molecule has 1 saturated carbocycles. The van der Waals surface area contributed by atoms with Crippen LogP contribution in [0.2, 0.25) is 0 Å². The maximum Gasteiger partial charge on any atom is 0.317 e. The highest BCUT2D eigenvalue weighted by molar-refractivity contribution is 5.79. The normalized spacial score (nSPS) is 19.2. The van der Waals surface area contributed by atoms with Crippen molar-refractivity contribution < 1.29 is 9.59 Å². The number of hydrogen-bond acceptors (Lipinski definition) is 2. The molecule has 0 aromatic heterocycles. The minimum absolute atomic E-state index is 0.0300. The van der Waals surface area contributed by atoms with Gasteiger partial charge >= 0.3 is 6.03 Å². The summed E-state index contributed by atoms with van der Waals surface area (Å²) in [4.78, 5) is 28.8. The highest BCUT2D eigenvalue weighted by Crippen LogP contribution is 2.22. The Kier molecular flexibility index (Phi) is 6.53. The maximum absolute atomic E-state index is 12.7. The smallest absolute Gasteiger partial charge is 0.317 e. The number of amides is 3. The molecule has 0 unspecified atom stereocenters. The largest absolute Gasteiger partial charge is 0.341 e. The first kappa shape index (κ1) is 18.7. The van der Waals surface area contributed by atoms with Crippen LogP contribution in [-0.2, 0) is 11.3 Å². The van der Waals surface area contributed by atoms with Gasteiger partial charge in [0.1, 0.15) is 0 Å². The van der Waals surface area contributed by atoms with Crippen LogP contribution in [0.4, 0.5) is 4.79 Å². The fourth-order valence-electron chi connectivity index (χ4n) is 4.09. The lowest BCUT2D eigenvalue weighted by Crippen LogP contribution is -2.49. The molecule has 0 atom stereocenters. The van der Waals surface area contributed by atoms with E-state index in [1.165, 1.54) is 19.3 Å². The maximum atomic E-state index is 12.7. The van der Waals surface area contributed by atoms with Crippen molar-refractivity contribution in [3.8, 4) is 0 Å². The van der Waals surface area contributed by atoms with Crippen LogP contribution in [0.1, 0.15) is 50.5 Å². The fourth-order valence-corrected chi connectivity index (χ4v) is 4.09. The van der Waals surface area contributed by atoms with Gasteiger partial charge in [-0.3, -0.25) is 4.79 Å². The third-order valence-corrected chi connectivity index (χ3v) is 5.70. The Morgan fingerprint density at radius 3 is 2.35 bits per heavy atom. The molecular formula is C21H31N3O2. The summed E-state index contributed by atoms with van der Waals surface area (Å²) >= 11 is 0. The summed E-state index contributed by atoms with van der Waals surface area (Å²) in [5.41, 5.74) is 1.15. The lowest BCUT2D eigenvalue weighted by molar-refractivity contribution is -0.136. The Morgan fingerprint density at radius 2 is 1.69 bits per heavy atom. The first-order chi connectivity index (χ1) is 12.6. The Labute approximate surface area is 156 Å². The van der Waals surface area contributed by atoms with Crippen molar-refractivity contribution in [2.24, 2.45) is 5.92 Å². The Balaban J connectivity index is 1.43. The molecule has 1 aliphatic carbocycles. The highest BCUT2D eigenvalue weighted by Gasteiger charge is 2.30. The van der Waals surface area contributed by atoms with Crippen molar-refractivity contribution >= 4 is 11.9 Å². The third-order valence-electron chi connectivity index (χ3n) is 5.70.